The molecule has 1 fully saturated rings. The van der Waals surface area contributed by atoms with E-state index in [1.807, 2.05) is 6.07 Å². The Morgan fingerprint density at radius 3 is 2.81 bits per heavy atom. The summed E-state index contributed by atoms with van der Waals surface area (Å²) in [6.07, 6.45) is 0.140. The summed E-state index contributed by atoms with van der Waals surface area (Å²) in [6, 6.07) is 7.64. The van der Waals surface area contributed by atoms with Gasteiger partial charge in [0, 0.05) is 54.7 Å². The minimum atomic E-state index is -0.966. The van der Waals surface area contributed by atoms with Gasteiger partial charge in [0.05, 0.1) is 0 Å². The Kier molecular flexibility index (Phi) is 6.44. The number of hydrogen-bond acceptors (Lipinski definition) is 9. The molecule has 0 spiro atoms. The second-order valence-corrected chi connectivity index (χ2v) is 8.39. The fraction of sp³-hybridized carbons (Fsp3) is 0.350. The van der Waals surface area contributed by atoms with Crippen LogP contribution in [0.2, 0.25) is 0 Å². The van der Waals surface area contributed by atoms with E-state index in [1.165, 1.54) is 21.9 Å². The molecule has 1 aliphatic rings. The summed E-state index contributed by atoms with van der Waals surface area (Å²) < 4.78 is 1.29. The van der Waals surface area contributed by atoms with Gasteiger partial charge in [-0.3, -0.25) is 9.59 Å². The number of piperazine rings is 1. The largest absolute Gasteiger partial charge is 0.564 e. The Labute approximate surface area is 186 Å². The van der Waals surface area contributed by atoms with Crippen LogP contribution in [-0.2, 0) is 9.59 Å². The minimum absolute atomic E-state index is 0.0330. The lowest BCUT2D eigenvalue weighted by Gasteiger charge is -2.27. The molecule has 0 unspecified atom stereocenters. The molecule has 168 valence electrons. The Balaban J connectivity index is 1.53. The predicted molar refractivity (Wildman–Crippen MR) is 122 cm³/mol. The van der Waals surface area contributed by atoms with E-state index in [0.29, 0.717) is 21.5 Å². The van der Waals surface area contributed by atoms with E-state index < -0.39 is 12.0 Å². The van der Waals surface area contributed by atoms with Crippen molar-refractivity contribution in [3.05, 3.63) is 40.7 Å². The van der Waals surface area contributed by atoms with E-state index >= 15 is 0 Å². The number of aromatic nitrogens is 3. The first kappa shape index (κ1) is 21.9. The maximum Gasteiger partial charge on any atom is 0.532 e. The van der Waals surface area contributed by atoms with Crippen molar-refractivity contribution in [3.63, 3.8) is 0 Å². The summed E-state index contributed by atoms with van der Waals surface area (Å²) in [5, 5.41) is 18.0. The van der Waals surface area contributed by atoms with Gasteiger partial charge in [-0.15, -0.1) is 0 Å². The highest BCUT2D eigenvalue weighted by atomic mass is 32.1. The van der Waals surface area contributed by atoms with Gasteiger partial charge in [-0.25, -0.2) is 4.98 Å². The molecule has 0 radical (unpaired) electrons. The Bertz CT molecular complexity index is 1200. The van der Waals surface area contributed by atoms with Crippen LogP contribution in [0.25, 0.3) is 15.5 Å². The topological polar surface area (TPSA) is 158 Å². The fourth-order valence-corrected chi connectivity index (χ4v) is 4.24. The van der Waals surface area contributed by atoms with Gasteiger partial charge >= 0.3 is 5.97 Å². The van der Waals surface area contributed by atoms with Crippen molar-refractivity contribution in [1.29, 1.82) is 0 Å². The number of nitrogens with one attached hydrogen (secondary N) is 2. The van der Waals surface area contributed by atoms with Gasteiger partial charge in [0.1, 0.15) is 10.8 Å². The predicted octanol–water partition coefficient (Wildman–Crippen LogP) is -0.475. The van der Waals surface area contributed by atoms with Gasteiger partial charge in [-0.05, 0) is 18.6 Å². The molecular weight excluding hydrogens is 434 g/mol. The number of amides is 1. The standard InChI is InChI=1S/C20H23N7O4S/c21-14(19(30)31)4-5-16(28)23-13-3-1-2-12(10-13)18-25-27-17(29)11-15(24-20(27)32-18)26-8-6-22-7-9-26/h1-3,10-11,14,22H,4-9,21H2,(H,23,28)(H,30,31)/p+1/t14-/m1/s1. The third-order valence-corrected chi connectivity index (χ3v) is 6.04. The summed E-state index contributed by atoms with van der Waals surface area (Å²) in [5.74, 6) is -0.543. The summed E-state index contributed by atoms with van der Waals surface area (Å²) in [5.41, 5.74) is 6.55. The number of carbonyl (C=O) groups excluding carboxylic acids is 2. The highest BCUT2D eigenvalue weighted by Crippen LogP contribution is 2.27. The van der Waals surface area contributed by atoms with Gasteiger partial charge < -0.3 is 26.4 Å². The molecule has 3 aromatic rings. The van der Waals surface area contributed by atoms with E-state index in [2.05, 4.69) is 25.6 Å². The number of carbonyl (C=O) groups is 2. The first-order valence-corrected chi connectivity index (χ1v) is 11.0. The molecule has 6 N–H and O–H groups in total. The molecular formula is C20H24N7O4S+. The van der Waals surface area contributed by atoms with Crippen LogP contribution < -0.4 is 26.8 Å². The summed E-state index contributed by atoms with van der Waals surface area (Å²) in [7, 11) is 0. The number of anilines is 2. The van der Waals surface area contributed by atoms with E-state index in [0.717, 1.165) is 31.7 Å². The molecule has 2 aromatic heterocycles. The van der Waals surface area contributed by atoms with Gasteiger partial charge in [0.25, 0.3) is 5.56 Å². The van der Waals surface area contributed by atoms with Gasteiger partial charge in [-0.1, -0.05) is 23.5 Å². The molecule has 1 aliphatic heterocycles. The summed E-state index contributed by atoms with van der Waals surface area (Å²) in [6.45, 7) is 3.27. The summed E-state index contributed by atoms with van der Waals surface area (Å²) in [4.78, 5) is 42.8. The lowest BCUT2D eigenvalue weighted by Crippen LogP contribution is -2.44. The van der Waals surface area contributed by atoms with Crippen LogP contribution in [0, 0.1) is 0 Å². The quantitative estimate of drug-likeness (QED) is 0.401. The van der Waals surface area contributed by atoms with Crippen LogP contribution in [0.3, 0.4) is 0 Å². The maximum absolute atomic E-state index is 12.6. The fourth-order valence-electron chi connectivity index (χ4n) is 3.34. The number of fused-ring (bicyclic) bond motifs is 1. The second kappa shape index (κ2) is 9.42. The molecule has 11 nitrogen and oxygen atoms in total. The first-order chi connectivity index (χ1) is 15.4. The van der Waals surface area contributed by atoms with E-state index in [-0.39, 0.29) is 24.3 Å². The van der Waals surface area contributed by atoms with Crippen molar-refractivity contribution in [2.45, 2.75) is 18.9 Å². The van der Waals surface area contributed by atoms with Crippen molar-refractivity contribution in [1.82, 2.24) is 19.9 Å². The molecule has 1 amide bonds. The van der Waals surface area contributed by atoms with Gasteiger partial charge in [-0.2, -0.15) is 9.61 Å². The molecule has 1 saturated heterocycles. The zero-order chi connectivity index (χ0) is 22.7. The van der Waals surface area contributed by atoms with E-state index in [9.17, 15) is 14.4 Å². The molecule has 0 saturated carbocycles. The van der Waals surface area contributed by atoms with Crippen LogP contribution in [0.1, 0.15) is 12.8 Å². The van der Waals surface area contributed by atoms with Crippen LogP contribution in [0.15, 0.2) is 35.1 Å². The van der Waals surface area contributed by atoms with Crippen molar-refractivity contribution in [2.75, 3.05) is 36.4 Å². The average molecular weight is 459 g/mol. The third-order valence-electron chi connectivity index (χ3n) is 5.08. The molecule has 4 rings (SSSR count). The Hall–Kier alpha value is -3.35. The van der Waals surface area contributed by atoms with Crippen LogP contribution >= 0.6 is 11.3 Å². The normalized spacial score (nSPS) is 15.0. The highest BCUT2D eigenvalue weighted by Gasteiger charge is 2.20. The lowest BCUT2D eigenvalue weighted by molar-refractivity contribution is -0.138. The number of nitrogens with zero attached hydrogens (tertiary/aromatic N) is 4. The van der Waals surface area contributed by atoms with Crippen LogP contribution in [0.4, 0.5) is 11.5 Å². The zero-order valence-corrected chi connectivity index (χ0v) is 18.0. The molecule has 1 aromatic carbocycles. The molecule has 0 aliphatic carbocycles. The highest BCUT2D eigenvalue weighted by molar-refractivity contribution is 7.19. The number of hydrogen-bond donors (Lipinski definition) is 3. The van der Waals surface area contributed by atoms with E-state index in [1.54, 1.807) is 18.2 Å². The SMILES string of the molecule is N[C@H](CCC(=O)Nc1cccc(-c2nn3c(=O)cc(N4CCNCC4)nc3s2)c1)C(=O)[OH2+]. The first-order valence-electron chi connectivity index (χ1n) is 10.2. The second-order valence-electron chi connectivity index (χ2n) is 7.43. The lowest BCUT2D eigenvalue weighted by atomic mass is 10.1. The van der Waals surface area contributed by atoms with Crippen molar-refractivity contribution >= 4 is 39.7 Å². The monoisotopic (exact) mass is 458 g/mol. The average Bonchev–Trinajstić information content (AvgIpc) is 3.23. The van der Waals surface area contributed by atoms with Gasteiger partial charge in [0.15, 0.2) is 6.04 Å². The Morgan fingerprint density at radius 1 is 1.28 bits per heavy atom. The van der Waals surface area contributed by atoms with Crippen LogP contribution in [-0.4, -0.2) is 63.8 Å². The molecule has 1 atom stereocenters. The third kappa shape index (κ3) is 4.93. The molecule has 12 heteroatoms. The number of benzene rings is 1. The van der Waals surface area contributed by atoms with Crippen LogP contribution in [0.5, 0.6) is 0 Å². The van der Waals surface area contributed by atoms with Gasteiger partial charge in [0.2, 0.25) is 10.9 Å². The molecule has 3 heterocycles. The molecule has 32 heavy (non-hydrogen) atoms. The van der Waals surface area contributed by atoms with Crippen molar-refractivity contribution < 1.29 is 14.7 Å². The maximum atomic E-state index is 12.6. The number of rotatable bonds is 7. The smallest absolute Gasteiger partial charge is 0.532 e. The minimum Gasteiger partial charge on any atom is -0.564 e. The molecule has 0 bridgehead atoms. The van der Waals surface area contributed by atoms with E-state index in [4.69, 9.17) is 10.8 Å². The summed E-state index contributed by atoms with van der Waals surface area (Å²) >= 11 is 1.30. The zero-order valence-electron chi connectivity index (χ0n) is 17.2. The van der Waals surface area contributed by atoms with Crippen molar-refractivity contribution in [2.24, 2.45) is 5.73 Å². The van der Waals surface area contributed by atoms with Crippen molar-refractivity contribution in [3.8, 4) is 10.6 Å². The Morgan fingerprint density at radius 2 is 2.06 bits per heavy atom. The number of nitrogens with two attached hydrogens (primary N) is 1.